The number of hydrogen-bond donors (Lipinski definition) is 0. The molecule has 0 saturated carbocycles. The van der Waals surface area contributed by atoms with E-state index in [0.717, 1.165) is 31.6 Å². The maximum Gasteiger partial charge on any atom is 0.272 e. The fraction of sp³-hybridized carbons (Fsp3) is 0.765. The summed E-state index contributed by atoms with van der Waals surface area (Å²) in [5, 5.41) is 4.45. The second-order valence-corrected chi connectivity index (χ2v) is 6.46. The Hall–Kier alpha value is -1.40. The third kappa shape index (κ3) is 4.78. The summed E-state index contributed by atoms with van der Waals surface area (Å²) in [6.07, 6.45) is 3.40. The van der Waals surface area contributed by atoms with E-state index < -0.39 is 0 Å². The van der Waals surface area contributed by atoms with E-state index in [1.54, 1.807) is 4.68 Å². The van der Waals surface area contributed by atoms with Gasteiger partial charge >= 0.3 is 0 Å². The molecule has 1 saturated heterocycles. The van der Waals surface area contributed by atoms with Gasteiger partial charge in [0.1, 0.15) is 5.69 Å². The Labute approximate surface area is 139 Å². The normalized spacial score (nSPS) is 19.2. The summed E-state index contributed by atoms with van der Waals surface area (Å²) in [7, 11) is 4.18. The fourth-order valence-corrected chi connectivity index (χ4v) is 3.07. The lowest BCUT2D eigenvalue weighted by atomic mass is 10.1. The van der Waals surface area contributed by atoms with Crippen LogP contribution in [0.1, 0.15) is 42.4 Å². The summed E-state index contributed by atoms with van der Waals surface area (Å²) in [6, 6.07) is 2.33. The van der Waals surface area contributed by atoms with Gasteiger partial charge in [0, 0.05) is 25.7 Å². The van der Waals surface area contributed by atoms with Crippen LogP contribution in [-0.4, -0.2) is 71.9 Å². The minimum atomic E-state index is 0.0934. The van der Waals surface area contributed by atoms with Crippen LogP contribution in [0.25, 0.3) is 0 Å². The zero-order valence-electron chi connectivity index (χ0n) is 14.9. The van der Waals surface area contributed by atoms with Crippen molar-refractivity contribution in [1.82, 2.24) is 19.6 Å². The largest absolute Gasteiger partial charge is 0.380 e. The van der Waals surface area contributed by atoms with E-state index in [0.29, 0.717) is 31.5 Å². The van der Waals surface area contributed by atoms with Crippen molar-refractivity contribution in [2.75, 3.05) is 40.4 Å². The Kier molecular flexibility index (Phi) is 6.59. The number of likely N-dealkylation sites (N-methyl/N-ethyl adjacent to an activating group) is 1. The zero-order chi connectivity index (χ0) is 16.8. The summed E-state index contributed by atoms with van der Waals surface area (Å²) in [5.41, 5.74) is 1.56. The molecule has 1 amide bonds. The molecule has 6 heteroatoms. The molecular formula is C17H30N4O2. The van der Waals surface area contributed by atoms with Crippen molar-refractivity contribution in [2.45, 2.75) is 45.7 Å². The highest BCUT2D eigenvalue weighted by Crippen LogP contribution is 2.17. The van der Waals surface area contributed by atoms with Crippen LogP contribution >= 0.6 is 0 Å². The highest BCUT2D eigenvalue weighted by molar-refractivity contribution is 5.92. The van der Waals surface area contributed by atoms with Crippen molar-refractivity contribution in [2.24, 2.45) is 0 Å². The molecule has 2 rings (SSSR count). The van der Waals surface area contributed by atoms with Gasteiger partial charge in [0.2, 0.25) is 0 Å². The molecule has 2 heterocycles. The third-order valence-corrected chi connectivity index (χ3v) is 4.44. The Morgan fingerprint density at radius 2 is 2.22 bits per heavy atom. The Morgan fingerprint density at radius 3 is 2.91 bits per heavy atom. The van der Waals surface area contributed by atoms with E-state index in [9.17, 15) is 4.79 Å². The molecule has 1 aliphatic rings. The molecule has 1 aromatic heterocycles. The average molecular weight is 322 g/mol. The maximum absolute atomic E-state index is 13.0. The van der Waals surface area contributed by atoms with Gasteiger partial charge in [-0.05, 0) is 46.9 Å². The SMILES string of the molecule is CCOCCn1nc(C)cc1C(=O)N1CCCC[C@H](N(C)C)C1. The number of likely N-dealkylation sites (tertiary alicyclic amines) is 1. The molecule has 6 nitrogen and oxygen atoms in total. The molecule has 130 valence electrons. The van der Waals surface area contributed by atoms with Gasteiger partial charge in [0.15, 0.2) is 0 Å². The van der Waals surface area contributed by atoms with E-state index >= 15 is 0 Å². The summed E-state index contributed by atoms with van der Waals surface area (Å²) >= 11 is 0. The molecule has 0 N–H and O–H groups in total. The predicted octanol–water partition coefficient (Wildman–Crippen LogP) is 1.78. The van der Waals surface area contributed by atoms with E-state index in [1.807, 2.05) is 24.8 Å². The van der Waals surface area contributed by atoms with Gasteiger partial charge in [-0.25, -0.2) is 0 Å². The van der Waals surface area contributed by atoms with Crippen molar-refractivity contribution in [3.8, 4) is 0 Å². The number of ether oxygens (including phenoxy) is 1. The lowest BCUT2D eigenvalue weighted by Crippen LogP contribution is -2.42. The monoisotopic (exact) mass is 322 g/mol. The van der Waals surface area contributed by atoms with Crippen molar-refractivity contribution in [1.29, 1.82) is 0 Å². The van der Waals surface area contributed by atoms with Gasteiger partial charge in [0.05, 0.1) is 18.8 Å². The molecule has 0 unspecified atom stereocenters. The standard InChI is InChI=1S/C17H30N4O2/c1-5-23-11-10-21-16(12-14(2)18-21)17(22)20-9-7-6-8-15(13-20)19(3)4/h12,15H,5-11,13H2,1-4H3/t15-/m0/s1. The Morgan fingerprint density at radius 1 is 1.43 bits per heavy atom. The topological polar surface area (TPSA) is 50.6 Å². The summed E-state index contributed by atoms with van der Waals surface area (Å²) < 4.78 is 7.20. The number of rotatable bonds is 6. The molecule has 0 bridgehead atoms. The van der Waals surface area contributed by atoms with E-state index in [1.165, 1.54) is 6.42 Å². The predicted molar refractivity (Wildman–Crippen MR) is 90.7 cm³/mol. The third-order valence-electron chi connectivity index (χ3n) is 4.44. The van der Waals surface area contributed by atoms with Crippen LogP contribution in [0.5, 0.6) is 0 Å². The first-order valence-electron chi connectivity index (χ1n) is 8.60. The van der Waals surface area contributed by atoms with Crippen molar-refractivity contribution in [3.63, 3.8) is 0 Å². The fourth-order valence-electron chi connectivity index (χ4n) is 3.07. The van der Waals surface area contributed by atoms with Crippen molar-refractivity contribution >= 4 is 5.91 Å². The number of carbonyl (C=O) groups excluding carboxylic acids is 1. The number of hydrogen-bond acceptors (Lipinski definition) is 4. The van der Waals surface area contributed by atoms with Crippen LogP contribution in [0, 0.1) is 6.92 Å². The summed E-state index contributed by atoms with van der Waals surface area (Å²) in [5.74, 6) is 0.0934. The number of amides is 1. The lowest BCUT2D eigenvalue weighted by Gasteiger charge is -2.28. The first-order valence-corrected chi connectivity index (χ1v) is 8.60. The van der Waals surface area contributed by atoms with E-state index in [4.69, 9.17) is 4.74 Å². The van der Waals surface area contributed by atoms with Crippen molar-refractivity contribution < 1.29 is 9.53 Å². The average Bonchev–Trinajstić information content (AvgIpc) is 2.74. The minimum Gasteiger partial charge on any atom is -0.380 e. The Bertz CT molecular complexity index is 513. The highest BCUT2D eigenvalue weighted by atomic mass is 16.5. The van der Waals surface area contributed by atoms with Crippen LogP contribution in [0.2, 0.25) is 0 Å². The van der Waals surface area contributed by atoms with E-state index in [2.05, 4.69) is 24.1 Å². The Balaban J connectivity index is 2.11. The molecule has 0 aliphatic carbocycles. The number of nitrogens with zero attached hydrogens (tertiary/aromatic N) is 4. The molecule has 1 aliphatic heterocycles. The van der Waals surface area contributed by atoms with E-state index in [-0.39, 0.29) is 5.91 Å². The molecule has 1 fully saturated rings. The van der Waals surface area contributed by atoms with Gasteiger partial charge in [-0.3, -0.25) is 9.48 Å². The van der Waals surface area contributed by atoms with Crippen LogP contribution < -0.4 is 0 Å². The molecule has 0 spiro atoms. The first kappa shape index (κ1) is 17.9. The molecule has 0 aromatic carbocycles. The molecule has 0 radical (unpaired) electrons. The van der Waals surface area contributed by atoms with Crippen LogP contribution in [-0.2, 0) is 11.3 Å². The number of aryl methyl sites for hydroxylation is 1. The lowest BCUT2D eigenvalue weighted by molar-refractivity contribution is 0.0708. The molecule has 1 aromatic rings. The maximum atomic E-state index is 13.0. The van der Waals surface area contributed by atoms with Gasteiger partial charge in [-0.1, -0.05) is 6.42 Å². The minimum absolute atomic E-state index is 0.0934. The number of aromatic nitrogens is 2. The molecule has 1 atom stereocenters. The number of carbonyl (C=O) groups is 1. The highest BCUT2D eigenvalue weighted by Gasteiger charge is 2.26. The van der Waals surface area contributed by atoms with Crippen molar-refractivity contribution in [3.05, 3.63) is 17.5 Å². The second kappa shape index (κ2) is 8.45. The quantitative estimate of drug-likeness (QED) is 0.749. The first-order chi connectivity index (χ1) is 11.0. The molecular weight excluding hydrogens is 292 g/mol. The van der Waals surface area contributed by atoms with Gasteiger partial charge in [-0.2, -0.15) is 5.10 Å². The smallest absolute Gasteiger partial charge is 0.272 e. The van der Waals surface area contributed by atoms with Crippen LogP contribution in [0.4, 0.5) is 0 Å². The second-order valence-electron chi connectivity index (χ2n) is 6.46. The van der Waals surface area contributed by atoms with Gasteiger partial charge < -0.3 is 14.5 Å². The summed E-state index contributed by atoms with van der Waals surface area (Å²) in [6.45, 7) is 7.41. The van der Waals surface area contributed by atoms with Crippen LogP contribution in [0.3, 0.4) is 0 Å². The van der Waals surface area contributed by atoms with Gasteiger partial charge in [-0.15, -0.1) is 0 Å². The molecule has 23 heavy (non-hydrogen) atoms. The van der Waals surface area contributed by atoms with Gasteiger partial charge in [0.25, 0.3) is 5.91 Å². The zero-order valence-corrected chi connectivity index (χ0v) is 14.9. The van der Waals surface area contributed by atoms with Crippen LogP contribution in [0.15, 0.2) is 6.07 Å². The summed E-state index contributed by atoms with van der Waals surface area (Å²) in [4.78, 5) is 17.2.